The van der Waals surface area contributed by atoms with Gasteiger partial charge in [0.1, 0.15) is 5.70 Å². The van der Waals surface area contributed by atoms with Gasteiger partial charge in [-0.25, -0.2) is 0 Å². The number of aliphatic hydroxyl groups is 1. The first kappa shape index (κ1) is 20.1. The van der Waals surface area contributed by atoms with Crippen molar-refractivity contribution in [2.75, 3.05) is 25.5 Å². The Balaban J connectivity index is 1.98. The smallest absolute Gasteiger partial charge is 0.278 e. The van der Waals surface area contributed by atoms with Crippen LogP contribution in [-0.2, 0) is 14.4 Å². The number of carbonyl (C=O) groups excluding carboxylic acids is 3. The fourth-order valence-corrected chi connectivity index (χ4v) is 4.01. The molecule has 1 saturated carbocycles. The number of hydrogen-bond acceptors (Lipinski definition) is 5. The van der Waals surface area contributed by atoms with Crippen LogP contribution >= 0.6 is 0 Å². The van der Waals surface area contributed by atoms with Gasteiger partial charge in [0.15, 0.2) is 0 Å². The van der Waals surface area contributed by atoms with E-state index in [1.54, 1.807) is 36.2 Å². The highest BCUT2D eigenvalue weighted by atomic mass is 16.3. The van der Waals surface area contributed by atoms with E-state index in [1.165, 1.54) is 11.8 Å². The maximum atomic E-state index is 13.3. The maximum Gasteiger partial charge on any atom is 0.278 e. The van der Waals surface area contributed by atoms with Gasteiger partial charge in [-0.15, -0.1) is 0 Å². The lowest BCUT2D eigenvalue weighted by molar-refractivity contribution is -0.141. The molecule has 7 nitrogen and oxygen atoms in total. The van der Waals surface area contributed by atoms with Crippen molar-refractivity contribution >= 4 is 29.0 Å². The molecule has 0 bridgehead atoms. The summed E-state index contributed by atoms with van der Waals surface area (Å²) in [7, 11) is 1.72. The predicted molar refractivity (Wildman–Crippen MR) is 106 cm³/mol. The summed E-state index contributed by atoms with van der Waals surface area (Å²) in [5.41, 5.74) is 1.95. The topological polar surface area (TPSA) is 90.0 Å². The number of amides is 3. The van der Waals surface area contributed by atoms with Gasteiger partial charge < -0.3 is 15.3 Å². The second-order valence-electron chi connectivity index (χ2n) is 7.40. The zero-order chi connectivity index (χ0) is 20.3. The van der Waals surface area contributed by atoms with Gasteiger partial charge in [0.05, 0.1) is 12.2 Å². The van der Waals surface area contributed by atoms with Crippen molar-refractivity contribution < 1.29 is 19.5 Å². The van der Waals surface area contributed by atoms with Crippen molar-refractivity contribution in [2.45, 2.75) is 45.1 Å². The number of aliphatic hydroxyl groups excluding tert-OH is 1. The average molecular weight is 385 g/mol. The van der Waals surface area contributed by atoms with Gasteiger partial charge in [-0.1, -0.05) is 31.4 Å². The van der Waals surface area contributed by atoms with Crippen LogP contribution < -0.4 is 5.32 Å². The number of benzene rings is 1. The number of likely N-dealkylation sites (N-methyl/N-ethyl adjacent to an activating group) is 1. The van der Waals surface area contributed by atoms with Gasteiger partial charge >= 0.3 is 0 Å². The minimum Gasteiger partial charge on any atom is -0.395 e. The van der Waals surface area contributed by atoms with Crippen molar-refractivity contribution in [1.82, 2.24) is 9.80 Å². The number of nitrogens with zero attached hydrogens (tertiary/aromatic N) is 2. The molecule has 1 aliphatic heterocycles. The third-order valence-corrected chi connectivity index (χ3v) is 5.34. The predicted octanol–water partition coefficient (Wildman–Crippen LogP) is 1.98. The minimum atomic E-state index is -0.284. The van der Waals surface area contributed by atoms with E-state index in [-0.39, 0.29) is 36.9 Å². The molecule has 1 fully saturated rings. The number of anilines is 1. The molecule has 2 aliphatic rings. The van der Waals surface area contributed by atoms with E-state index in [0.29, 0.717) is 22.5 Å². The monoisotopic (exact) mass is 385 g/mol. The lowest BCUT2D eigenvalue weighted by Crippen LogP contribution is -2.43. The summed E-state index contributed by atoms with van der Waals surface area (Å²) in [5, 5.41) is 12.0. The quantitative estimate of drug-likeness (QED) is 0.731. The van der Waals surface area contributed by atoms with Crippen LogP contribution in [0.4, 0.5) is 5.69 Å². The molecule has 0 aromatic heterocycles. The highest BCUT2D eigenvalue weighted by Gasteiger charge is 2.44. The Kier molecular flexibility index (Phi) is 6.14. The summed E-state index contributed by atoms with van der Waals surface area (Å²) in [6, 6.07) is 6.84. The summed E-state index contributed by atoms with van der Waals surface area (Å²) < 4.78 is 0. The Hall–Kier alpha value is -2.67. The average Bonchev–Trinajstić information content (AvgIpc) is 2.93. The Morgan fingerprint density at radius 2 is 1.79 bits per heavy atom. The molecule has 150 valence electrons. The van der Waals surface area contributed by atoms with Crippen molar-refractivity contribution in [1.29, 1.82) is 0 Å². The third-order valence-electron chi connectivity index (χ3n) is 5.34. The summed E-state index contributed by atoms with van der Waals surface area (Å²) in [5.74, 6) is -0.733. The molecule has 1 aromatic rings. The van der Waals surface area contributed by atoms with Gasteiger partial charge in [-0.3, -0.25) is 19.3 Å². The molecule has 1 heterocycles. The molecule has 28 heavy (non-hydrogen) atoms. The third kappa shape index (κ3) is 3.94. The van der Waals surface area contributed by atoms with Crippen molar-refractivity contribution in [3.05, 3.63) is 35.5 Å². The van der Waals surface area contributed by atoms with Crippen LogP contribution in [0.25, 0.3) is 5.57 Å². The summed E-state index contributed by atoms with van der Waals surface area (Å²) in [4.78, 5) is 40.8. The first-order valence-corrected chi connectivity index (χ1v) is 9.76. The molecule has 3 amide bonds. The Morgan fingerprint density at radius 3 is 2.36 bits per heavy atom. The fourth-order valence-electron chi connectivity index (χ4n) is 4.01. The molecule has 0 spiro atoms. The maximum absolute atomic E-state index is 13.3. The second-order valence-corrected chi connectivity index (χ2v) is 7.40. The molecule has 0 atom stereocenters. The molecular weight excluding hydrogens is 358 g/mol. The van der Waals surface area contributed by atoms with Crippen molar-refractivity contribution in [2.24, 2.45) is 0 Å². The van der Waals surface area contributed by atoms with Crippen molar-refractivity contribution in [3.63, 3.8) is 0 Å². The number of imide groups is 1. The van der Waals surface area contributed by atoms with Crippen LogP contribution in [0, 0.1) is 0 Å². The minimum absolute atomic E-state index is 0.0672. The van der Waals surface area contributed by atoms with E-state index in [9.17, 15) is 19.5 Å². The molecule has 0 unspecified atom stereocenters. The number of hydrogen-bond donors (Lipinski definition) is 2. The van der Waals surface area contributed by atoms with Gasteiger partial charge in [-0.05, 0) is 30.5 Å². The van der Waals surface area contributed by atoms with E-state index in [1.807, 2.05) is 0 Å². The van der Waals surface area contributed by atoms with Gasteiger partial charge in [0.25, 0.3) is 11.8 Å². The molecule has 1 aliphatic carbocycles. The molecule has 7 heteroatoms. The van der Waals surface area contributed by atoms with Crippen LogP contribution in [0.2, 0.25) is 0 Å². The van der Waals surface area contributed by atoms with Crippen LogP contribution in [0.15, 0.2) is 30.0 Å². The Morgan fingerprint density at radius 1 is 1.14 bits per heavy atom. The summed E-state index contributed by atoms with van der Waals surface area (Å²) >= 11 is 0. The molecule has 0 saturated heterocycles. The lowest BCUT2D eigenvalue weighted by atomic mass is 9.94. The highest BCUT2D eigenvalue weighted by Crippen LogP contribution is 2.35. The highest BCUT2D eigenvalue weighted by molar-refractivity contribution is 6.35. The normalized spacial score (nSPS) is 18.0. The number of rotatable bonds is 6. The fraction of sp³-hybridized carbons (Fsp3) is 0.476. The molecule has 3 rings (SSSR count). The SMILES string of the molecule is CC(=O)Nc1ccc(C2=C(N(C)CCO)C(=O)N(C3CCCCC3)C2=O)cc1. The first-order valence-electron chi connectivity index (χ1n) is 9.76. The van der Waals surface area contributed by atoms with Crippen molar-refractivity contribution in [3.8, 4) is 0 Å². The summed E-state index contributed by atoms with van der Waals surface area (Å²) in [6.07, 6.45) is 4.84. The van der Waals surface area contributed by atoms with Crippen LogP contribution in [0.5, 0.6) is 0 Å². The standard InChI is InChI=1S/C21H27N3O4/c1-14(26)22-16-10-8-15(9-11-16)18-19(23(2)12-13-25)21(28)24(20(18)27)17-6-4-3-5-7-17/h8-11,17,25H,3-7,12-13H2,1-2H3,(H,22,26). The van der Waals surface area contributed by atoms with E-state index in [4.69, 9.17) is 0 Å². The van der Waals surface area contributed by atoms with Gasteiger partial charge in [-0.2, -0.15) is 0 Å². The zero-order valence-corrected chi connectivity index (χ0v) is 16.4. The van der Waals surface area contributed by atoms with E-state index in [0.717, 1.165) is 32.1 Å². The lowest BCUT2D eigenvalue weighted by Gasteiger charge is -2.30. The largest absolute Gasteiger partial charge is 0.395 e. The van der Waals surface area contributed by atoms with Gasteiger partial charge in [0.2, 0.25) is 5.91 Å². The van der Waals surface area contributed by atoms with Gasteiger partial charge in [0, 0.05) is 32.2 Å². The Labute approximate surface area is 165 Å². The molecule has 1 aromatic carbocycles. The number of nitrogens with one attached hydrogen (secondary N) is 1. The van der Waals surface area contributed by atoms with E-state index < -0.39 is 0 Å². The van der Waals surface area contributed by atoms with E-state index in [2.05, 4.69) is 5.32 Å². The van der Waals surface area contributed by atoms with Crippen LogP contribution in [0.1, 0.15) is 44.6 Å². The van der Waals surface area contributed by atoms with E-state index >= 15 is 0 Å². The Bertz CT molecular complexity index is 794. The van der Waals surface area contributed by atoms with Crippen LogP contribution in [0.3, 0.4) is 0 Å². The first-order chi connectivity index (χ1) is 13.4. The molecule has 0 radical (unpaired) electrons. The second kappa shape index (κ2) is 8.56. The molecular formula is C21H27N3O4. The van der Waals surface area contributed by atoms with Crippen LogP contribution in [-0.4, -0.2) is 58.9 Å². The number of carbonyl (C=O) groups is 3. The summed E-state index contributed by atoms with van der Waals surface area (Å²) in [6.45, 7) is 1.58. The molecule has 2 N–H and O–H groups in total. The zero-order valence-electron chi connectivity index (χ0n) is 16.4.